The van der Waals surface area contributed by atoms with E-state index in [1.165, 1.54) is 6.92 Å². The summed E-state index contributed by atoms with van der Waals surface area (Å²) in [7, 11) is 0. The second-order valence-corrected chi connectivity index (χ2v) is 8.74. The minimum Gasteiger partial charge on any atom is -0.341 e. The lowest BCUT2D eigenvalue weighted by molar-refractivity contribution is -0.140. The molecule has 0 aliphatic carbocycles. The number of carbonyl (C=O) groups excluding carboxylic acids is 2. The highest BCUT2D eigenvalue weighted by Crippen LogP contribution is 2.32. The monoisotopic (exact) mass is 474 g/mol. The fraction of sp³-hybridized carbons (Fsp3) is 0.129. The van der Waals surface area contributed by atoms with Crippen LogP contribution < -0.4 is 0 Å². The summed E-state index contributed by atoms with van der Waals surface area (Å²) >= 11 is 0. The van der Waals surface area contributed by atoms with Gasteiger partial charge in [-0.2, -0.15) is 0 Å². The van der Waals surface area contributed by atoms with Gasteiger partial charge in [-0.05, 0) is 49.7 Å². The summed E-state index contributed by atoms with van der Waals surface area (Å²) in [5.74, 6) is -0.476. The maximum absolute atomic E-state index is 13.4. The maximum atomic E-state index is 13.4. The lowest BCUT2D eigenvalue weighted by atomic mass is 9.97. The summed E-state index contributed by atoms with van der Waals surface area (Å²) in [5, 5.41) is 6.18. The molecule has 0 bridgehead atoms. The number of oxime groups is 1. The van der Waals surface area contributed by atoms with Crippen molar-refractivity contribution in [2.45, 2.75) is 27.3 Å². The van der Waals surface area contributed by atoms with Gasteiger partial charge in [-0.15, -0.1) is 0 Å². The van der Waals surface area contributed by atoms with Crippen LogP contribution in [0.1, 0.15) is 46.5 Å². The average Bonchev–Trinajstić information content (AvgIpc) is 3.21. The molecule has 4 aromatic carbocycles. The van der Waals surface area contributed by atoms with Gasteiger partial charge in [-0.25, -0.2) is 4.79 Å². The van der Waals surface area contributed by atoms with E-state index in [9.17, 15) is 9.59 Å². The molecular weight excluding hydrogens is 448 g/mol. The summed E-state index contributed by atoms with van der Waals surface area (Å²) in [5.41, 5.74) is 6.66. The zero-order valence-corrected chi connectivity index (χ0v) is 20.5. The summed E-state index contributed by atoms with van der Waals surface area (Å²) in [4.78, 5) is 29.9. The average molecular weight is 475 g/mol. The van der Waals surface area contributed by atoms with Gasteiger partial charge in [-0.3, -0.25) is 4.79 Å². The third-order valence-corrected chi connectivity index (χ3v) is 6.42. The third-order valence-electron chi connectivity index (χ3n) is 6.42. The molecular formula is C31H26N2O3. The quantitative estimate of drug-likeness (QED) is 0.120. The van der Waals surface area contributed by atoms with E-state index < -0.39 is 5.97 Å². The van der Waals surface area contributed by atoms with E-state index in [1.54, 1.807) is 0 Å². The van der Waals surface area contributed by atoms with Crippen LogP contribution in [0.5, 0.6) is 0 Å². The molecule has 0 spiro atoms. The molecule has 0 saturated heterocycles. The summed E-state index contributed by atoms with van der Waals surface area (Å²) in [6.45, 7) is 6.18. The number of hydrogen-bond donors (Lipinski definition) is 0. The Morgan fingerprint density at radius 1 is 0.778 bits per heavy atom. The molecule has 0 fully saturated rings. The van der Waals surface area contributed by atoms with Crippen LogP contribution in [0.25, 0.3) is 21.8 Å². The van der Waals surface area contributed by atoms with Gasteiger partial charge in [0.2, 0.25) is 0 Å². The zero-order chi connectivity index (χ0) is 25.2. The molecule has 0 radical (unpaired) electrons. The van der Waals surface area contributed by atoms with Gasteiger partial charge in [0, 0.05) is 57.5 Å². The van der Waals surface area contributed by atoms with Crippen molar-refractivity contribution in [3.8, 4) is 0 Å². The number of fused-ring (bicyclic) bond motifs is 3. The number of nitrogens with zero attached hydrogens (tertiary/aromatic N) is 2. The Bertz CT molecular complexity index is 1650. The molecule has 5 heteroatoms. The first-order valence-electron chi connectivity index (χ1n) is 12.0. The summed E-state index contributed by atoms with van der Waals surface area (Å²) < 4.78 is 2.24. The van der Waals surface area contributed by atoms with Crippen LogP contribution in [-0.4, -0.2) is 22.0 Å². The fourth-order valence-corrected chi connectivity index (χ4v) is 4.69. The topological polar surface area (TPSA) is 60.7 Å². The lowest BCUT2D eigenvalue weighted by Crippen LogP contribution is -2.06. The Kier molecular flexibility index (Phi) is 6.21. The minimum absolute atomic E-state index is 0.00458. The Balaban J connectivity index is 1.70. The van der Waals surface area contributed by atoms with Gasteiger partial charge in [0.05, 0.1) is 0 Å². The highest BCUT2D eigenvalue weighted by molar-refractivity contribution is 6.18. The first kappa shape index (κ1) is 23.2. The van der Waals surface area contributed by atoms with Gasteiger partial charge in [0.1, 0.15) is 5.71 Å². The highest BCUT2D eigenvalue weighted by Gasteiger charge is 2.17. The van der Waals surface area contributed by atoms with Gasteiger partial charge in [0.25, 0.3) is 0 Å². The number of benzene rings is 4. The van der Waals surface area contributed by atoms with Gasteiger partial charge in [-0.1, -0.05) is 65.8 Å². The molecule has 0 unspecified atom stereocenters. The molecule has 5 rings (SSSR count). The largest absolute Gasteiger partial charge is 0.341 e. The first-order valence-corrected chi connectivity index (χ1v) is 12.0. The SMILES string of the molecule is CCn1c2ccc(C(=O)c3ccccc3C)cc2c2cc(/C(=N/OC(C)=O)c3ccccc3)ccc21. The molecule has 1 heterocycles. The predicted molar refractivity (Wildman–Crippen MR) is 144 cm³/mol. The highest BCUT2D eigenvalue weighted by atomic mass is 16.7. The summed E-state index contributed by atoms with van der Waals surface area (Å²) in [6, 6.07) is 29.3. The van der Waals surface area contributed by atoms with E-state index in [4.69, 9.17) is 4.84 Å². The zero-order valence-electron chi connectivity index (χ0n) is 20.5. The van der Waals surface area contributed by atoms with Crippen molar-refractivity contribution < 1.29 is 14.4 Å². The van der Waals surface area contributed by atoms with Crippen LogP contribution in [0, 0.1) is 6.92 Å². The normalized spacial score (nSPS) is 11.7. The Morgan fingerprint density at radius 2 is 1.39 bits per heavy atom. The van der Waals surface area contributed by atoms with Crippen LogP contribution in [0.3, 0.4) is 0 Å². The molecule has 178 valence electrons. The Morgan fingerprint density at radius 3 is 2.03 bits per heavy atom. The molecule has 5 aromatic rings. The number of aromatic nitrogens is 1. The van der Waals surface area contributed by atoms with Crippen molar-refractivity contribution in [2.75, 3.05) is 0 Å². The van der Waals surface area contributed by atoms with Crippen molar-refractivity contribution in [3.63, 3.8) is 0 Å². The Hall–Kier alpha value is -4.51. The Labute approximate surface area is 209 Å². The van der Waals surface area contributed by atoms with Crippen molar-refractivity contribution in [1.29, 1.82) is 0 Å². The molecule has 0 aliphatic heterocycles. The molecule has 0 atom stereocenters. The number of aryl methyl sites for hydroxylation is 2. The van der Waals surface area contributed by atoms with Crippen LogP contribution in [0.2, 0.25) is 0 Å². The molecule has 1 aromatic heterocycles. The molecule has 0 saturated carbocycles. The van der Waals surface area contributed by atoms with Crippen LogP contribution in [0.15, 0.2) is 96.2 Å². The maximum Gasteiger partial charge on any atom is 0.332 e. The molecule has 5 nitrogen and oxygen atoms in total. The number of rotatable bonds is 6. The van der Waals surface area contributed by atoms with E-state index >= 15 is 0 Å². The van der Waals surface area contributed by atoms with Crippen molar-refractivity contribution in [2.24, 2.45) is 5.16 Å². The smallest absolute Gasteiger partial charge is 0.332 e. The molecule has 36 heavy (non-hydrogen) atoms. The van der Waals surface area contributed by atoms with E-state index in [-0.39, 0.29) is 5.78 Å². The van der Waals surface area contributed by atoms with E-state index in [0.29, 0.717) is 16.8 Å². The number of hydrogen-bond acceptors (Lipinski definition) is 4. The third kappa shape index (κ3) is 4.20. The van der Waals surface area contributed by atoms with Crippen molar-refractivity contribution in [1.82, 2.24) is 4.57 Å². The van der Waals surface area contributed by atoms with E-state index in [1.807, 2.05) is 85.8 Å². The minimum atomic E-state index is -0.480. The number of ketones is 1. The first-order chi connectivity index (χ1) is 17.5. The summed E-state index contributed by atoms with van der Waals surface area (Å²) in [6.07, 6.45) is 0. The van der Waals surface area contributed by atoms with Crippen molar-refractivity contribution in [3.05, 3.63) is 119 Å². The second kappa shape index (κ2) is 9.62. The van der Waals surface area contributed by atoms with E-state index in [0.717, 1.165) is 45.0 Å². The van der Waals surface area contributed by atoms with Crippen LogP contribution in [0.4, 0.5) is 0 Å². The predicted octanol–water partition coefficient (Wildman–Crippen LogP) is 6.67. The lowest BCUT2D eigenvalue weighted by Gasteiger charge is -2.08. The fourth-order valence-electron chi connectivity index (χ4n) is 4.69. The van der Waals surface area contributed by atoms with Gasteiger partial charge >= 0.3 is 5.97 Å². The van der Waals surface area contributed by atoms with Crippen LogP contribution >= 0.6 is 0 Å². The van der Waals surface area contributed by atoms with Gasteiger partial charge in [0.15, 0.2) is 5.78 Å². The standard InChI is InChI=1S/C31H26N2O3/c1-4-33-28-16-14-23(30(32-36-21(3)34)22-11-6-5-7-12-22)18-26(28)27-19-24(15-17-29(27)33)31(35)25-13-9-8-10-20(25)2/h5-19H,4H2,1-3H3/b32-30+. The van der Waals surface area contributed by atoms with Crippen molar-refractivity contribution >= 4 is 39.3 Å². The van der Waals surface area contributed by atoms with E-state index in [2.05, 4.69) is 28.8 Å². The number of carbonyl (C=O) groups is 2. The second-order valence-electron chi connectivity index (χ2n) is 8.74. The molecule has 0 N–H and O–H groups in total. The molecule has 0 aliphatic rings. The molecule has 0 amide bonds. The van der Waals surface area contributed by atoms with Gasteiger partial charge < -0.3 is 9.40 Å². The van der Waals surface area contributed by atoms with Crippen LogP contribution in [-0.2, 0) is 16.2 Å².